The molecule has 104 valence electrons. The molecule has 0 amide bonds. The minimum Gasteiger partial charge on any atom is -0.493 e. The van der Waals surface area contributed by atoms with E-state index in [0.29, 0.717) is 17.9 Å². The molecule has 1 aromatic carbocycles. The molecule has 1 fully saturated rings. The van der Waals surface area contributed by atoms with Gasteiger partial charge in [0, 0.05) is 0 Å². The molecule has 2 unspecified atom stereocenters. The number of rotatable bonds is 4. The highest BCUT2D eigenvalue weighted by atomic mass is 16.5. The van der Waals surface area contributed by atoms with Gasteiger partial charge in [-0.3, -0.25) is 0 Å². The Balaban J connectivity index is 2.21. The van der Waals surface area contributed by atoms with Crippen LogP contribution in [-0.2, 0) is 0 Å². The first-order valence-corrected chi connectivity index (χ1v) is 6.38. The monoisotopic (exact) mass is 266 g/mol. The zero-order chi connectivity index (χ0) is 13.8. The molecule has 5 nitrogen and oxygen atoms in total. The van der Waals surface area contributed by atoms with Crippen LogP contribution in [0, 0.1) is 0 Å². The maximum atomic E-state index is 11.0. The van der Waals surface area contributed by atoms with Gasteiger partial charge in [0.2, 0.25) is 0 Å². The molecule has 1 aliphatic carbocycles. The highest BCUT2D eigenvalue weighted by Gasteiger charge is 2.26. The number of aliphatic hydroxyl groups excluding tert-OH is 1. The van der Waals surface area contributed by atoms with Gasteiger partial charge in [-0.25, -0.2) is 4.79 Å². The van der Waals surface area contributed by atoms with Gasteiger partial charge in [-0.1, -0.05) is 6.42 Å². The molecule has 0 heterocycles. The number of hydrogen-bond acceptors (Lipinski definition) is 4. The number of hydrogen-bond donors (Lipinski definition) is 2. The highest BCUT2D eigenvalue weighted by Crippen LogP contribution is 2.32. The van der Waals surface area contributed by atoms with Crippen LogP contribution in [0.15, 0.2) is 18.2 Å². The quantitative estimate of drug-likeness (QED) is 0.872. The van der Waals surface area contributed by atoms with Crippen molar-refractivity contribution in [3.8, 4) is 11.5 Å². The Kier molecular flexibility index (Phi) is 4.27. The van der Waals surface area contributed by atoms with E-state index in [1.807, 2.05) is 0 Å². The van der Waals surface area contributed by atoms with Gasteiger partial charge in [0.1, 0.15) is 6.10 Å². The molecule has 19 heavy (non-hydrogen) atoms. The van der Waals surface area contributed by atoms with Crippen LogP contribution in [0.25, 0.3) is 0 Å². The topological polar surface area (TPSA) is 76.0 Å². The first-order chi connectivity index (χ1) is 9.11. The molecule has 1 aliphatic rings. The molecular formula is C14H18O5. The predicted octanol–water partition coefficient (Wildman–Crippen LogP) is 2.08. The summed E-state index contributed by atoms with van der Waals surface area (Å²) >= 11 is 0. The fraction of sp³-hybridized carbons (Fsp3) is 0.500. The summed E-state index contributed by atoms with van der Waals surface area (Å²) in [7, 11) is 1.50. The predicted molar refractivity (Wildman–Crippen MR) is 68.8 cm³/mol. The summed E-state index contributed by atoms with van der Waals surface area (Å²) in [6, 6.07) is 4.46. The molecular weight excluding hydrogens is 248 g/mol. The normalized spacial score (nSPS) is 22.8. The van der Waals surface area contributed by atoms with Crippen molar-refractivity contribution in [2.45, 2.75) is 37.9 Å². The first kappa shape index (κ1) is 13.7. The molecule has 0 radical (unpaired) electrons. The molecule has 0 bridgehead atoms. The van der Waals surface area contributed by atoms with E-state index in [4.69, 9.17) is 14.6 Å². The number of carbonyl (C=O) groups is 1. The van der Waals surface area contributed by atoms with Crippen LogP contribution in [0.5, 0.6) is 11.5 Å². The third kappa shape index (κ3) is 3.17. The minimum absolute atomic E-state index is 0.140. The van der Waals surface area contributed by atoms with Crippen LogP contribution in [0.1, 0.15) is 36.0 Å². The van der Waals surface area contributed by atoms with E-state index in [1.165, 1.54) is 19.2 Å². The van der Waals surface area contributed by atoms with Crippen molar-refractivity contribution >= 4 is 5.97 Å². The van der Waals surface area contributed by atoms with Crippen molar-refractivity contribution < 1.29 is 24.5 Å². The van der Waals surface area contributed by atoms with Crippen molar-refractivity contribution in [1.82, 2.24) is 0 Å². The largest absolute Gasteiger partial charge is 0.493 e. The lowest BCUT2D eigenvalue weighted by atomic mass is 9.95. The third-order valence-electron chi connectivity index (χ3n) is 3.36. The molecule has 2 atom stereocenters. The van der Waals surface area contributed by atoms with Crippen molar-refractivity contribution in [2.24, 2.45) is 0 Å². The fourth-order valence-electron chi connectivity index (χ4n) is 2.28. The van der Waals surface area contributed by atoms with Gasteiger partial charge < -0.3 is 19.7 Å². The summed E-state index contributed by atoms with van der Waals surface area (Å²) in [4.78, 5) is 11.0. The number of methoxy groups -OCH3 is 1. The average Bonchev–Trinajstić information content (AvgIpc) is 2.41. The number of aromatic carboxylic acids is 1. The zero-order valence-electron chi connectivity index (χ0n) is 10.8. The van der Waals surface area contributed by atoms with E-state index < -0.39 is 12.1 Å². The van der Waals surface area contributed by atoms with E-state index in [-0.39, 0.29) is 11.7 Å². The lowest BCUT2D eigenvalue weighted by Crippen LogP contribution is -2.34. The second-order valence-corrected chi connectivity index (χ2v) is 4.68. The maximum absolute atomic E-state index is 11.0. The van der Waals surface area contributed by atoms with Crippen molar-refractivity contribution in [1.29, 1.82) is 0 Å². The second-order valence-electron chi connectivity index (χ2n) is 4.68. The number of benzene rings is 1. The van der Waals surface area contributed by atoms with Crippen LogP contribution < -0.4 is 9.47 Å². The smallest absolute Gasteiger partial charge is 0.335 e. The molecule has 2 rings (SSSR count). The summed E-state index contributed by atoms with van der Waals surface area (Å²) < 4.78 is 10.9. The van der Waals surface area contributed by atoms with Gasteiger partial charge in [0.25, 0.3) is 0 Å². The lowest BCUT2D eigenvalue weighted by molar-refractivity contribution is 0.00562. The zero-order valence-corrected chi connectivity index (χ0v) is 10.8. The van der Waals surface area contributed by atoms with Crippen molar-refractivity contribution in [2.75, 3.05) is 7.11 Å². The Labute approximate surface area is 111 Å². The van der Waals surface area contributed by atoms with E-state index in [0.717, 1.165) is 19.3 Å². The van der Waals surface area contributed by atoms with Crippen LogP contribution in [0.2, 0.25) is 0 Å². The Morgan fingerprint density at radius 2 is 2.00 bits per heavy atom. The molecule has 0 spiro atoms. The summed E-state index contributed by atoms with van der Waals surface area (Å²) in [5.74, 6) is -0.173. The molecule has 1 aromatic rings. The molecule has 0 aliphatic heterocycles. The van der Waals surface area contributed by atoms with E-state index in [1.54, 1.807) is 6.07 Å². The van der Waals surface area contributed by atoms with Gasteiger partial charge in [-0.05, 0) is 37.5 Å². The van der Waals surface area contributed by atoms with Gasteiger partial charge >= 0.3 is 5.97 Å². The van der Waals surface area contributed by atoms with Gasteiger partial charge in [0.15, 0.2) is 11.5 Å². The highest BCUT2D eigenvalue weighted by molar-refractivity contribution is 5.88. The Hall–Kier alpha value is -1.75. The van der Waals surface area contributed by atoms with Crippen LogP contribution in [-0.4, -0.2) is 35.5 Å². The molecule has 0 aromatic heterocycles. The van der Waals surface area contributed by atoms with Crippen LogP contribution in [0.3, 0.4) is 0 Å². The van der Waals surface area contributed by atoms with Gasteiger partial charge in [0.05, 0.1) is 18.8 Å². The standard InChI is InChI=1S/C14H18O5/c1-18-12-7-6-9(14(16)17)8-13(12)19-11-5-3-2-4-10(11)15/h6-8,10-11,15H,2-5H2,1H3,(H,16,17). The van der Waals surface area contributed by atoms with Crippen molar-refractivity contribution in [3.63, 3.8) is 0 Å². The van der Waals surface area contributed by atoms with E-state index in [9.17, 15) is 9.90 Å². The first-order valence-electron chi connectivity index (χ1n) is 6.38. The average molecular weight is 266 g/mol. The maximum Gasteiger partial charge on any atom is 0.335 e. The van der Waals surface area contributed by atoms with Crippen molar-refractivity contribution in [3.05, 3.63) is 23.8 Å². The molecule has 5 heteroatoms. The van der Waals surface area contributed by atoms with E-state index >= 15 is 0 Å². The summed E-state index contributed by atoms with van der Waals surface area (Å²) in [5, 5.41) is 18.9. The summed E-state index contributed by atoms with van der Waals surface area (Å²) in [6.45, 7) is 0. The van der Waals surface area contributed by atoms with Crippen LogP contribution >= 0.6 is 0 Å². The minimum atomic E-state index is -1.02. The fourth-order valence-corrected chi connectivity index (χ4v) is 2.28. The molecule has 0 saturated heterocycles. The van der Waals surface area contributed by atoms with Crippen LogP contribution in [0.4, 0.5) is 0 Å². The lowest BCUT2D eigenvalue weighted by Gasteiger charge is -2.28. The van der Waals surface area contributed by atoms with E-state index in [2.05, 4.69) is 0 Å². The number of ether oxygens (including phenoxy) is 2. The SMILES string of the molecule is COc1ccc(C(=O)O)cc1OC1CCCCC1O. The Morgan fingerprint density at radius 3 is 2.63 bits per heavy atom. The van der Waals surface area contributed by atoms with Gasteiger partial charge in [-0.15, -0.1) is 0 Å². The Bertz CT molecular complexity index is 457. The number of aliphatic hydroxyl groups is 1. The number of carboxylic acid groups (broad SMARTS) is 1. The molecule has 2 N–H and O–H groups in total. The number of carboxylic acids is 1. The van der Waals surface area contributed by atoms with Gasteiger partial charge in [-0.2, -0.15) is 0 Å². The molecule has 1 saturated carbocycles. The second kappa shape index (κ2) is 5.93. The Morgan fingerprint density at radius 1 is 1.26 bits per heavy atom. The third-order valence-corrected chi connectivity index (χ3v) is 3.36. The summed E-state index contributed by atoms with van der Waals surface area (Å²) in [5.41, 5.74) is 0.140. The summed E-state index contributed by atoms with van der Waals surface area (Å²) in [6.07, 6.45) is 2.67.